The summed E-state index contributed by atoms with van der Waals surface area (Å²) in [7, 11) is 1.04. The molecule has 2 aliphatic rings. The van der Waals surface area contributed by atoms with Gasteiger partial charge in [-0.25, -0.2) is 22.9 Å². The minimum Gasteiger partial charge on any atom is -0.404 e. The molecule has 1 aliphatic heterocycles. The Kier molecular flexibility index (Phi) is 7.73. The van der Waals surface area contributed by atoms with Crippen molar-refractivity contribution in [2.24, 2.45) is 10.7 Å². The van der Waals surface area contributed by atoms with E-state index in [1.54, 1.807) is 26.0 Å². The molecule has 2 amide bonds. The number of rotatable bonds is 7. The summed E-state index contributed by atoms with van der Waals surface area (Å²) in [4.78, 5) is 39.7. The summed E-state index contributed by atoms with van der Waals surface area (Å²) in [6.07, 6.45) is 4.31. The van der Waals surface area contributed by atoms with E-state index in [1.165, 1.54) is 34.0 Å². The molecule has 2 aromatic rings. The number of urea groups is 1. The molecule has 1 aliphatic carbocycles. The Balaban J connectivity index is 1.83. The van der Waals surface area contributed by atoms with Gasteiger partial charge in [0.15, 0.2) is 0 Å². The molecule has 1 aromatic carbocycles. The molecule has 2 heterocycles. The zero-order valence-corrected chi connectivity index (χ0v) is 23.5. The molecule has 4 rings (SSSR count). The van der Waals surface area contributed by atoms with E-state index in [4.69, 9.17) is 17.3 Å². The summed E-state index contributed by atoms with van der Waals surface area (Å²) in [6, 6.07) is 2.78. The van der Waals surface area contributed by atoms with Gasteiger partial charge in [0.1, 0.15) is 5.52 Å². The van der Waals surface area contributed by atoms with Crippen molar-refractivity contribution in [3.63, 3.8) is 0 Å². The number of aliphatic imine (C=N–C) groups is 1. The van der Waals surface area contributed by atoms with Crippen molar-refractivity contribution in [3.8, 4) is 0 Å². The second-order valence-corrected chi connectivity index (χ2v) is 12.1. The van der Waals surface area contributed by atoms with Gasteiger partial charge in [0.2, 0.25) is 15.3 Å². The summed E-state index contributed by atoms with van der Waals surface area (Å²) in [5.41, 5.74) is 5.98. The van der Waals surface area contributed by atoms with Crippen molar-refractivity contribution >= 4 is 50.5 Å². The highest BCUT2D eigenvalue weighted by Gasteiger charge is 2.41. The van der Waals surface area contributed by atoms with Crippen LogP contribution in [-0.2, 0) is 16.6 Å². The Morgan fingerprint density at radius 3 is 2.47 bits per heavy atom. The second kappa shape index (κ2) is 10.5. The normalized spacial score (nSPS) is 17.9. The van der Waals surface area contributed by atoms with Crippen LogP contribution >= 0.6 is 11.6 Å². The van der Waals surface area contributed by atoms with Crippen molar-refractivity contribution < 1.29 is 13.2 Å². The molecule has 12 nitrogen and oxygen atoms in total. The molecule has 0 bridgehead atoms. The number of sulfonamides is 1. The number of amides is 2. The van der Waals surface area contributed by atoms with Crippen LogP contribution in [0.3, 0.4) is 0 Å². The average molecular weight is 565 g/mol. The number of aromatic nitrogens is 2. The van der Waals surface area contributed by atoms with E-state index in [0.29, 0.717) is 43.0 Å². The van der Waals surface area contributed by atoms with Gasteiger partial charge in [0.05, 0.1) is 22.5 Å². The lowest BCUT2D eigenvalue weighted by molar-refractivity contribution is 0.168. The van der Waals surface area contributed by atoms with Gasteiger partial charge in [-0.1, -0.05) is 0 Å². The maximum atomic E-state index is 13.7. The standard InChI is InChI=1S/C24H33ClN8O4S/c1-24(5-6-24)29-38(36,37)17-11-18-20(28-22(25)33(21(18)34)15-16(13-26)14-27-2)19(12-17)31-7-9-32(10-8-31)23(35)30(3)4/h11-14,29H,5-10,15,26H2,1-4H3/b16-13+,27-14?. The second-order valence-electron chi connectivity index (χ2n) is 10.1. The van der Waals surface area contributed by atoms with Gasteiger partial charge in [0, 0.05) is 70.8 Å². The molecule has 1 aromatic heterocycles. The van der Waals surface area contributed by atoms with Crippen LogP contribution in [0.1, 0.15) is 19.8 Å². The number of anilines is 1. The zero-order valence-electron chi connectivity index (χ0n) is 21.9. The smallest absolute Gasteiger partial charge is 0.319 e. The SMILES string of the molecule is CN=C/C(=C\N)Cn1c(Cl)nc2c(N3CCN(C(=O)N(C)C)CC3)cc(S(=O)(=O)NC3(C)CC3)cc2c1=O. The lowest BCUT2D eigenvalue weighted by atomic mass is 10.1. The van der Waals surface area contributed by atoms with Crippen LogP contribution in [-0.4, -0.2) is 92.9 Å². The summed E-state index contributed by atoms with van der Waals surface area (Å²) in [6.45, 7) is 3.58. The maximum Gasteiger partial charge on any atom is 0.319 e. The fraction of sp³-hybridized carbons (Fsp3) is 0.500. The number of nitrogens with zero attached hydrogens (tertiary/aromatic N) is 6. The third kappa shape index (κ3) is 5.64. The first-order valence-corrected chi connectivity index (χ1v) is 14.1. The fourth-order valence-electron chi connectivity index (χ4n) is 4.37. The van der Waals surface area contributed by atoms with Gasteiger partial charge in [-0.05, 0) is 43.5 Å². The highest BCUT2D eigenvalue weighted by atomic mass is 35.5. The minimum atomic E-state index is -3.93. The van der Waals surface area contributed by atoms with E-state index in [0.717, 1.165) is 12.8 Å². The Morgan fingerprint density at radius 1 is 1.26 bits per heavy atom. The number of carbonyl (C=O) groups excluding carboxylic acids is 1. The van der Waals surface area contributed by atoms with Crippen molar-refractivity contribution in [1.82, 2.24) is 24.1 Å². The Labute approximate surface area is 226 Å². The molecule has 2 fully saturated rings. The predicted molar refractivity (Wildman–Crippen MR) is 149 cm³/mol. The first kappa shape index (κ1) is 27.9. The van der Waals surface area contributed by atoms with Gasteiger partial charge in [-0.3, -0.25) is 14.4 Å². The maximum absolute atomic E-state index is 13.7. The first-order valence-electron chi connectivity index (χ1n) is 12.2. The monoisotopic (exact) mass is 564 g/mol. The van der Waals surface area contributed by atoms with Crippen LogP contribution in [0.15, 0.2) is 38.6 Å². The van der Waals surface area contributed by atoms with Crippen molar-refractivity contribution in [2.45, 2.75) is 36.7 Å². The van der Waals surface area contributed by atoms with Crippen LogP contribution in [0.5, 0.6) is 0 Å². The fourth-order valence-corrected chi connectivity index (χ4v) is 6.10. The number of piperazine rings is 1. The van der Waals surface area contributed by atoms with Gasteiger partial charge >= 0.3 is 6.03 Å². The zero-order chi connectivity index (χ0) is 27.8. The van der Waals surface area contributed by atoms with E-state index in [9.17, 15) is 18.0 Å². The number of hydrogen-bond acceptors (Lipinski definition) is 8. The number of allylic oxidation sites excluding steroid dienone is 1. The van der Waals surface area contributed by atoms with Crippen LogP contribution < -0.4 is 20.9 Å². The lowest BCUT2D eigenvalue weighted by Crippen LogP contribution is -2.51. The average Bonchev–Trinajstić information content (AvgIpc) is 3.60. The number of carbonyl (C=O) groups is 1. The molecule has 0 atom stereocenters. The van der Waals surface area contributed by atoms with E-state index >= 15 is 0 Å². The third-order valence-corrected chi connectivity index (χ3v) is 8.69. The number of nitrogens with two attached hydrogens (primary N) is 1. The number of benzene rings is 1. The van der Waals surface area contributed by atoms with E-state index < -0.39 is 21.1 Å². The largest absolute Gasteiger partial charge is 0.404 e. The molecule has 0 radical (unpaired) electrons. The summed E-state index contributed by atoms with van der Waals surface area (Å²) < 4.78 is 30.7. The van der Waals surface area contributed by atoms with Gasteiger partial charge in [0.25, 0.3) is 5.56 Å². The Bertz CT molecular complexity index is 1470. The predicted octanol–water partition coefficient (Wildman–Crippen LogP) is 1.23. The minimum absolute atomic E-state index is 0.0163. The first-order chi connectivity index (χ1) is 17.9. The highest BCUT2D eigenvalue weighted by Crippen LogP contribution is 2.37. The molecular weight excluding hydrogens is 532 g/mol. The van der Waals surface area contributed by atoms with Crippen molar-refractivity contribution in [1.29, 1.82) is 0 Å². The topological polar surface area (TPSA) is 146 Å². The summed E-state index contributed by atoms with van der Waals surface area (Å²) in [5, 5.41) is 0.0538. The molecule has 0 unspecified atom stereocenters. The molecular formula is C24H33ClN8O4S. The van der Waals surface area contributed by atoms with E-state index in [2.05, 4.69) is 14.7 Å². The van der Waals surface area contributed by atoms with Gasteiger partial charge in [-0.2, -0.15) is 0 Å². The van der Waals surface area contributed by atoms with E-state index in [-0.39, 0.29) is 28.1 Å². The van der Waals surface area contributed by atoms with Crippen LogP contribution in [0, 0.1) is 0 Å². The van der Waals surface area contributed by atoms with Gasteiger partial charge in [-0.15, -0.1) is 0 Å². The molecule has 1 saturated carbocycles. The van der Waals surface area contributed by atoms with Crippen molar-refractivity contribution in [2.75, 3.05) is 52.2 Å². The third-order valence-electron chi connectivity index (χ3n) is 6.78. The van der Waals surface area contributed by atoms with E-state index in [1.807, 2.05) is 11.8 Å². The molecule has 3 N–H and O–H groups in total. The molecule has 0 spiro atoms. The van der Waals surface area contributed by atoms with Crippen LogP contribution in [0.25, 0.3) is 10.9 Å². The van der Waals surface area contributed by atoms with Crippen LogP contribution in [0.2, 0.25) is 5.28 Å². The van der Waals surface area contributed by atoms with Crippen molar-refractivity contribution in [3.05, 3.63) is 39.5 Å². The molecule has 14 heteroatoms. The van der Waals surface area contributed by atoms with Gasteiger partial charge < -0.3 is 20.4 Å². The Hall–Kier alpha value is -3.16. The lowest BCUT2D eigenvalue weighted by Gasteiger charge is -2.37. The molecule has 206 valence electrons. The quantitative estimate of drug-likeness (QED) is 0.380. The summed E-state index contributed by atoms with van der Waals surface area (Å²) in [5.74, 6) is 0. The van der Waals surface area contributed by atoms with Crippen LogP contribution in [0.4, 0.5) is 10.5 Å². The number of hydrogen-bond donors (Lipinski definition) is 2. The Morgan fingerprint density at radius 2 is 1.92 bits per heavy atom. The number of nitrogens with one attached hydrogen (secondary N) is 1. The molecule has 1 saturated heterocycles. The number of halogens is 1. The highest BCUT2D eigenvalue weighted by molar-refractivity contribution is 7.89. The summed E-state index contributed by atoms with van der Waals surface area (Å²) >= 11 is 6.48. The number of fused-ring (bicyclic) bond motifs is 1. The molecule has 38 heavy (non-hydrogen) atoms.